The number of fused-ring (bicyclic) bond motifs is 1. The summed E-state index contributed by atoms with van der Waals surface area (Å²) >= 11 is 0. The maximum atomic E-state index is 12.4. The Morgan fingerprint density at radius 2 is 2.30 bits per heavy atom. The quantitative estimate of drug-likeness (QED) is 0.862. The average Bonchev–Trinajstić information content (AvgIpc) is 2.75. The van der Waals surface area contributed by atoms with E-state index in [0.717, 1.165) is 11.3 Å². The Bertz CT molecular complexity index is 508. The number of carbonyl (C=O) groups is 1. The van der Waals surface area contributed by atoms with Gasteiger partial charge in [0.25, 0.3) is 0 Å². The molecule has 1 atom stereocenters. The molecule has 1 aromatic heterocycles. The minimum Gasteiger partial charge on any atom is -0.393 e. The second-order valence-electron chi connectivity index (χ2n) is 5.91. The number of amides is 1. The first-order valence-corrected chi connectivity index (χ1v) is 7.06. The van der Waals surface area contributed by atoms with Crippen molar-refractivity contribution in [2.24, 2.45) is 13.0 Å². The number of hydrogen-bond donors (Lipinski definition) is 1. The number of carbonyl (C=O) groups excluding carboxylic acids is 1. The molecule has 0 bridgehead atoms. The molecular formula is C14H21N3O3. The van der Waals surface area contributed by atoms with Gasteiger partial charge < -0.3 is 14.7 Å². The molecule has 0 spiro atoms. The topological polar surface area (TPSA) is 67.6 Å². The van der Waals surface area contributed by atoms with E-state index in [1.165, 1.54) is 0 Å². The molecule has 0 radical (unpaired) electrons. The molecule has 2 aliphatic rings. The lowest BCUT2D eigenvalue weighted by atomic mass is 9.81. The minimum atomic E-state index is -0.294. The summed E-state index contributed by atoms with van der Waals surface area (Å²) in [7, 11) is 3.57. The molecule has 0 aromatic carbocycles. The number of aliphatic hydroxyl groups excluding tert-OH is 1. The Hall–Kier alpha value is -1.40. The van der Waals surface area contributed by atoms with Crippen LogP contribution in [0.2, 0.25) is 0 Å². The lowest BCUT2D eigenvalue weighted by molar-refractivity contribution is -0.143. The Kier molecular flexibility index (Phi) is 3.52. The molecule has 1 amide bonds. The Morgan fingerprint density at radius 1 is 1.55 bits per heavy atom. The van der Waals surface area contributed by atoms with E-state index in [1.807, 2.05) is 18.1 Å². The zero-order valence-corrected chi connectivity index (χ0v) is 12.0. The Labute approximate surface area is 118 Å². The molecule has 6 heteroatoms. The third-order valence-electron chi connectivity index (χ3n) is 4.27. The first kappa shape index (κ1) is 13.6. The molecule has 3 rings (SSSR count). The lowest BCUT2D eigenvalue weighted by Crippen LogP contribution is -2.46. The minimum absolute atomic E-state index is 0.00795. The van der Waals surface area contributed by atoms with Crippen LogP contribution in [0.5, 0.6) is 0 Å². The number of aromatic nitrogens is 2. The SMILES string of the molecule is COCC1CN(C(=O)C2CC(O)C2)Cc2cn(C)nc21. The van der Waals surface area contributed by atoms with Crippen molar-refractivity contribution in [3.8, 4) is 0 Å². The van der Waals surface area contributed by atoms with Gasteiger partial charge in [-0.1, -0.05) is 0 Å². The fourth-order valence-electron chi connectivity index (χ4n) is 3.19. The third kappa shape index (κ3) is 2.33. The van der Waals surface area contributed by atoms with E-state index in [1.54, 1.807) is 11.8 Å². The fraction of sp³-hybridized carbons (Fsp3) is 0.714. The summed E-state index contributed by atoms with van der Waals surface area (Å²) in [6, 6.07) is 0. The first-order chi connectivity index (χ1) is 9.58. The Balaban J connectivity index is 1.77. The lowest BCUT2D eigenvalue weighted by Gasteiger charge is -2.38. The van der Waals surface area contributed by atoms with Crippen LogP contribution < -0.4 is 0 Å². The van der Waals surface area contributed by atoms with Crippen LogP contribution in [0.15, 0.2) is 6.20 Å². The van der Waals surface area contributed by atoms with Crippen molar-refractivity contribution < 1.29 is 14.6 Å². The fourth-order valence-corrected chi connectivity index (χ4v) is 3.19. The Morgan fingerprint density at radius 3 is 2.95 bits per heavy atom. The van der Waals surface area contributed by atoms with Crippen molar-refractivity contribution in [2.45, 2.75) is 31.4 Å². The van der Waals surface area contributed by atoms with Crippen molar-refractivity contribution in [3.05, 3.63) is 17.5 Å². The molecule has 110 valence electrons. The predicted octanol–water partition coefficient (Wildman–Crippen LogP) is 0.263. The third-order valence-corrected chi connectivity index (χ3v) is 4.27. The molecule has 20 heavy (non-hydrogen) atoms. The van der Waals surface area contributed by atoms with Crippen LogP contribution in [0.25, 0.3) is 0 Å². The largest absolute Gasteiger partial charge is 0.393 e. The van der Waals surface area contributed by atoms with Gasteiger partial charge in [0.1, 0.15) is 0 Å². The highest BCUT2D eigenvalue weighted by Gasteiger charge is 2.38. The summed E-state index contributed by atoms with van der Waals surface area (Å²) in [6.07, 6.45) is 2.89. The highest BCUT2D eigenvalue weighted by Crippen LogP contribution is 2.33. The van der Waals surface area contributed by atoms with Gasteiger partial charge in [-0.3, -0.25) is 9.48 Å². The van der Waals surface area contributed by atoms with Gasteiger partial charge in [-0.25, -0.2) is 0 Å². The highest BCUT2D eigenvalue weighted by molar-refractivity contribution is 5.80. The van der Waals surface area contributed by atoms with E-state index in [0.29, 0.717) is 32.5 Å². The molecule has 1 saturated carbocycles. The van der Waals surface area contributed by atoms with Crippen molar-refractivity contribution in [1.29, 1.82) is 0 Å². The van der Waals surface area contributed by atoms with Crippen LogP contribution >= 0.6 is 0 Å². The van der Waals surface area contributed by atoms with E-state index in [2.05, 4.69) is 5.10 Å². The summed E-state index contributed by atoms with van der Waals surface area (Å²) in [6.45, 7) is 1.85. The van der Waals surface area contributed by atoms with Gasteiger partial charge in [-0.05, 0) is 12.8 Å². The molecule has 1 fully saturated rings. The normalized spacial score (nSPS) is 28.9. The van der Waals surface area contributed by atoms with Crippen LogP contribution in [-0.4, -0.2) is 52.1 Å². The second-order valence-corrected chi connectivity index (χ2v) is 5.91. The van der Waals surface area contributed by atoms with Gasteiger partial charge in [-0.2, -0.15) is 5.10 Å². The molecule has 6 nitrogen and oxygen atoms in total. The van der Waals surface area contributed by atoms with Crippen LogP contribution in [0.3, 0.4) is 0 Å². The van der Waals surface area contributed by atoms with Crippen LogP contribution in [0, 0.1) is 5.92 Å². The standard InChI is InChI=1S/C14H21N3O3/c1-16-5-10-6-17(14(19)9-3-12(18)4-9)7-11(8-20-2)13(10)15-16/h5,9,11-12,18H,3-4,6-8H2,1-2H3. The number of aryl methyl sites for hydroxylation is 1. The van der Waals surface area contributed by atoms with E-state index >= 15 is 0 Å². The van der Waals surface area contributed by atoms with Crippen molar-refractivity contribution in [3.63, 3.8) is 0 Å². The van der Waals surface area contributed by atoms with Crippen LogP contribution in [0.1, 0.15) is 30.0 Å². The molecule has 1 unspecified atom stereocenters. The van der Waals surface area contributed by atoms with E-state index < -0.39 is 0 Å². The van der Waals surface area contributed by atoms with E-state index in [9.17, 15) is 9.90 Å². The molecular weight excluding hydrogens is 258 g/mol. The number of nitrogens with zero attached hydrogens (tertiary/aromatic N) is 3. The maximum absolute atomic E-state index is 12.4. The maximum Gasteiger partial charge on any atom is 0.226 e. The summed E-state index contributed by atoms with van der Waals surface area (Å²) in [5, 5.41) is 13.9. The summed E-state index contributed by atoms with van der Waals surface area (Å²) in [4.78, 5) is 14.3. The summed E-state index contributed by atoms with van der Waals surface area (Å²) in [5.74, 6) is 0.288. The molecule has 1 N–H and O–H groups in total. The number of rotatable bonds is 3. The van der Waals surface area contributed by atoms with Crippen molar-refractivity contribution in [2.75, 3.05) is 20.3 Å². The smallest absolute Gasteiger partial charge is 0.226 e. The van der Waals surface area contributed by atoms with Gasteiger partial charge in [0.2, 0.25) is 5.91 Å². The number of hydrogen-bond acceptors (Lipinski definition) is 4. The summed E-state index contributed by atoms with van der Waals surface area (Å²) in [5.41, 5.74) is 2.15. The molecule has 0 saturated heterocycles. The van der Waals surface area contributed by atoms with Gasteiger partial charge in [0.05, 0.1) is 18.4 Å². The van der Waals surface area contributed by atoms with E-state index in [-0.39, 0.29) is 23.8 Å². The first-order valence-electron chi connectivity index (χ1n) is 7.06. The van der Waals surface area contributed by atoms with Gasteiger partial charge >= 0.3 is 0 Å². The van der Waals surface area contributed by atoms with Gasteiger partial charge in [-0.15, -0.1) is 0 Å². The van der Waals surface area contributed by atoms with E-state index in [4.69, 9.17) is 4.74 Å². The zero-order valence-electron chi connectivity index (χ0n) is 12.0. The highest BCUT2D eigenvalue weighted by atomic mass is 16.5. The van der Waals surface area contributed by atoms with Crippen molar-refractivity contribution in [1.82, 2.24) is 14.7 Å². The second kappa shape index (κ2) is 5.18. The monoisotopic (exact) mass is 279 g/mol. The molecule has 1 aliphatic carbocycles. The predicted molar refractivity (Wildman–Crippen MR) is 72.0 cm³/mol. The number of aliphatic hydroxyl groups is 1. The molecule has 1 aliphatic heterocycles. The van der Waals surface area contributed by atoms with Crippen molar-refractivity contribution >= 4 is 5.91 Å². The molecule has 2 heterocycles. The number of methoxy groups -OCH3 is 1. The summed E-state index contributed by atoms with van der Waals surface area (Å²) < 4.78 is 7.07. The van der Waals surface area contributed by atoms with Gasteiger partial charge in [0, 0.05) is 50.8 Å². The molecule has 1 aromatic rings. The number of ether oxygens (including phenoxy) is 1. The van der Waals surface area contributed by atoms with Gasteiger partial charge in [0.15, 0.2) is 0 Å². The van der Waals surface area contributed by atoms with Crippen LogP contribution in [-0.2, 0) is 23.1 Å². The average molecular weight is 279 g/mol. The van der Waals surface area contributed by atoms with Crippen LogP contribution in [0.4, 0.5) is 0 Å². The zero-order chi connectivity index (χ0) is 14.3.